The first kappa shape index (κ1) is 22.1. The van der Waals surface area contributed by atoms with Gasteiger partial charge in [-0.2, -0.15) is 0 Å². The van der Waals surface area contributed by atoms with Crippen LogP contribution in [0.1, 0.15) is 51.9 Å². The fourth-order valence-corrected chi connectivity index (χ4v) is 4.51. The molecule has 2 fully saturated rings. The van der Waals surface area contributed by atoms with Crippen molar-refractivity contribution in [2.24, 2.45) is 10.7 Å². The molecule has 7 nitrogen and oxygen atoms in total. The minimum atomic E-state index is -0.0192. The molecule has 0 bridgehead atoms. The number of piperidine rings is 1. The van der Waals surface area contributed by atoms with Gasteiger partial charge < -0.3 is 20.5 Å². The Hall–Kier alpha value is -3.09. The number of anilines is 1. The van der Waals surface area contributed by atoms with E-state index in [9.17, 15) is 4.79 Å². The second-order valence-electron chi connectivity index (χ2n) is 8.67. The molecule has 170 valence electrons. The van der Waals surface area contributed by atoms with Crippen molar-refractivity contribution in [1.82, 2.24) is 14.5 Å². The van der Waals surface area contributed by atoms with Crippen LogP contribution < -0.4 is 11.1 Å². The molecular formula is C25H34N6O. The second-order valence-corrected chi connectivity index (χ2v) is 8.67. The van der Waals surface area contributed by atoms with E-state index in [0.29, 0.717) is 5.70 Å². The zero-order valence-electron chi connectivity index (χ0n) is 19.0. The predicted octanol–water partition coefficient (Wildman–Crippen LogP) is 3.91. The maximum atomic E-state index is 13.1. The number of benzene rings is 1. The number of nitrogens with two attached hydrogens (primary N) is 1. The van der Waals surface area contributed by atoms with Crippen molar-refractivity contribution in [3.8, 4) is 5.69 Å². The Kier molecular flexibility index (Phi) is 7.24. The lowest BCUT2D eigenvalue weighted by Crippen LogP contribution is -2.40. The molecule has 4 rings (SSSR count). The molecule has 1 aliphatic carbocycles. The number of aliphatic imine (C=N–C) groups is 1. The van der Waals surface area contributed by atoms with Crippen LogP contribution in [-0.4, -0.2) is 51.7 Å². The molecule has 0 radical (unpaired) electrons. The van der Waals surface area contributed by atoms with Crippen LogP contribution in [0.3, 0.4) is 0 Å². The summed E-state index contributed by atoms with van der Waals surface area (Å²) in [5.74, 6) is -0.0192. The molecule has 1 amide bonds. The van der Waals surface area contributed by atoms with Crippen LogP contribution in [0.4, 0.5) is 5.69 Å². The van der Waals surface area contributed by atoms with Gasteiger partial charge in [0.05, 0.1) is 6.33 Å². The smallest absolute Gasteiger partial charge is 0.270 e. The van der Waals surface area contributed by atoms with Crippen LogP contribution in [0.15, 0.2) is 59.2 Å². The van der Waals surface area contributed by atoms with Gasteiger partial charge in [-0.1, -0.05) is 6.92 Å². The van der Waals surface area contributed by atoms with Gasteiger partial charge in [-0.15, -0.1) is 0 Å². The summed E-state index contributed by atoms with van der Waals surface area (Å²) in [6.07, 6.45) is 12.3. The van der Waals surface area contributed by atoms with Crippen molar-refractivity contribution in [2.75, 3.05) is 25.0 Å². The summed E-state index contributed by atoms with van der Waals surface area (Å²) in [6.45, 7) is 4.51. The van der Waals surface area contributed by atoms with Crippen molar-refractivity contribution in [1.29, 1.82) is 0 Å². The molecule has 3 N–H and O–H groups in total. The number of likely N-dealkylation sites (tertiary alicyclic amines) is 1. The third kappa shape index (κ3) is 5.21. The summed E-state index contributed by atoms with van der Waals surface area (Å²) in [5.41, 5.74) is 11.0. The van der Waals surface area contributed by atoms with Crippen LogP contribution in [0.5, 0.6) is 0 Å². The van der Waals surface area contributed by atoms with Gasteiger partial charge in [0.2, 0.25) is 0 Å². The fraction of sp³-hybridized carbons (Fsp3) is 0.480. The lowest BCUT2D eigenvalue weighted by molar-refractivity contribution is -0.128. The number of amides is 1. The van der Waals surface area contributed by atoms with E-state index in [-0.39, 0.29) is 11.9 Å². The number of rotatable bonds is 6. The van der Waals surface area contributed by atoms with Crippen molar-refractivity contribution in [3.05, 3.63) is 54.3 Å². The van der Waals surface area contributed by atoms with Gasteiger partial charge in [-0.05, 0) is 69.2 Å². The quantitative estimate of drug-likeness (QED) is 0.675. The maximum Gasteiger partial charge on any atom is 0.270 e. The average molecular weight is 435 g/mol. The molecular weight excluding hydrogens is 400 g/mol. The summed E-state index contributed by atoms with van der Waals surface area (Å²) in [5, 5.41) is 3.64. The molecule has 7 heteroatoms. The van der Waals surface area contributed by atoms with E-state index in [1.165, 1.54) is 6.42 Å². The Bertz CT molecular complexity index is 955. The molecule has 1 aromatic heterocycles. The molecule has 2 aromatic rings. The third-order valence-corrected chi connectivity index (χ3v) is 6.29. The van der Waals surface area contributed by atoms with Gasteiger partial charge >= 0.3 is 0 Å². The monoisotopic (exact) mass is 434 g/mol. The lowest BCUT2D eigenvalue weighted by atomic mass is 9.86. The predicted molar refractivity (Wildman–Crippen MR) is 129 cm³/mol. The number of carbonyl (C=O) groups excluding carboxylic acids is 1. The van der Waals surface area contributed by atoms with Gasteiger partial charge in [0, 0.05) is 60.7 Å². The number of nitrogens with zero attached hydrogens (tertiary/aromatic N) is 4. The van der Waals surface area contributed by atoms with E-state index in [0.717, 1.165) is 80.8 Å². The standard InChI is InChI=1S/C25H34N6O/c1-2-12-28-23-11-8-20(17-22(23)24(26)25(32)30-14-4-3-5-15-30)29-19-6-9-21(10-7-19)31-16-13-27-18-31/h6-7,9-10,13,16,18,20,29H,2-5,8,11-12,14-15,17,26H2,1H3/b24-22-,28-23?. The summed E-state index contributed by atoms with van der Waals surface area (Å²) in [7, 11) is 0. The van der Waals surface area contributed by atoms with Gasteiger partial charge in [0.1, 0.15) is 5.70 Å². The van der Waals surface area contributed by atoms with Gasteiger partial charge in [-0.3, -0.25) is 9.79 Å². The van der Waals surface area contributed by atoms with Crippen LogP contribution in [0, 0.1) is 0 Å². The minimum absolute atomic E-state index is 0.0192. The zero-order valence-corrected chi connectivity index (χ0v) is 19.0. The number of hydrogen-bond donors (Lipinski definition) is 2. The highest BCUT2D eigenvalue weighted by Gasteiger charge is 2.28. The molecule has 1 aliphatic heterocycles. The van der Waals surface area contributed by atoms with Crippen LogP contribution in [-0.2, 0) is 4.79 Å². The molecule has 1 saturated heterocycles. The molecule has 2 heterocycles. The number of carbonyl (C=O) groups is 1. The first-order valence-corrected chi connectivity index (χ1v) is 11.8. The number of hydrogen-bond acceptors (Lipinski definition) is 5. The van der Waals surface area contributed by atoms with Gasteiger partial charge in [0.15, 0.2) is 0 Å². The normalized spacial score (nSPS) is 22.1. The largest absolute Gasteiger partial charge is 0.394 e. The Labute approximate surface area is 190 Å². The van der Waals surface area contributed by atoms with Crippen molar-refractivity contribution >= 4 is 17.3 Å². The molecule has 1 aromatic carbocycles. The summed E-state index contributed by atoms with van der Waals surface area (Å²) in [6, 6.07) is 8.54. The van der Waals surface area contributed by atoms with Crippen LogP contribution in [0.2, 0.25) is 0 Å². The zero-order chi connectivity index (χ0) is 22.3. The Morgan fingerprint density at radius 3 is 2.69 bits per heavy atom. The van der Waals surface area contributed by atoms with E-state index in [2.05, 4.69) is 41.5 Å². The molecule has 1 saturated carbocycles. The van der Waals surface area contributed by atoms with Crippen molar-refractivity contribution in [3.63, 3.8) is 0 Å². The molecule has 2 aliphatic rings. The third-order valence-electron chi connectivity index (χ3n) is 6.29. The first-order valence-electron chi connectivity index (χ1n) is 11.8. The number of aromatic nitrogens is 2. The molecule has 0 spiro atoms. The van der Waals surface area contributed by atoms with Crippen molar-refractivity contribution < 1.29 is 4.79 Å². The highest BCUT2D eigenvalue weighted by molar-refractivity contribution is 6.08. The van der Waals surface area contributed by atoms with Gasteiger partial charge in [-0.25, -0.2) is 4.98 Å². The van der Waals surface area contributed by atoms with Crippen molar-refractivity contribution in [2.45, 2.75) is 57.9 Å². The molecule has 1 unspecified atom stereocenters. The Balaban J connectivity index is 1.49. The number of nitrogens with one attached hydrogen (secondary N) is 1. The lowest BCUT2D eigenvalue weighted by Gasteiger charge is -2.31. The topological polar surface area (TPSA) is 88.5 Å². The SMILES string of the molecule is CCCN=C1CCC(Nc2ccc(-n3ccnc3)cc2)C/C1=C(/N)C(=O)N1CCCCC1. The molecule has 1 atom stereocenters. The summed E-state index contributed by atoms with van der Waals surface area (Å²) in [4.78, 5) is 23.9. The second kappa shape index (κ2) is 10.5. The van der Waals surface area contributed by atoms with E-state index in [4.69, 9.17) is 10.7 Å². The Morgan fingerprint density at radius 1 is 1.22 bits per heavy atom. The maximum absolute atomic E-state index is 13.1. The van der Waals surface area contributed by atoms with E-state index >= 15 is 0 Å². The van der Waals surface area contributed by atoms with Gasteiger partial charge in [0.25, 0.3) is 5.91 Å². The van der Waals surface area contributed by atoms with Crippen LogP contribution >= 0.6 is 0 Å². The fourth-order valence-electron chi connectivity index (χ4n) is 4.51. The first-order chi connectivity index (χ1) is 15.7. The Morgan fingerprint density at radius 2 is 2.00 bits per heavy atom. The molecule has 32 heavy (non-hydrogen) atoms. The van der Waals surface area contributed by atoms with Crippen LogP contribution in [0.25, 0.3) is 5.69 Å². The van der Waals surface area contributed by atoms with E-state index < -0.39 is 0 Å². The highest BCUT2D eigenvalue weighted by Crippen LogP contribution is 2.27. The minimum Gasteiger partial charge on any atom is -0.394 e. The number of imidazole rings is 1. The average Bonchev–Trinajstić information content (AvgIpc) is 3.38. The summed E-state index contributed by atoms with van der Waals surface area (Å²) < 4.78 is 1.98. The van der Waals surface area contributed by atoms with E-state index in [1.807, 2.05) is 15.7 Å². The summed E-state index contributed by atoms with van der Waals surface area (Å²) >= 11 is 0. The van der Waals surface area contributed by atoms with E-state index in [1.54, 1.807) is 12.5 Å². The highest BCUT2D eigenvalue weighted by atomic mass is 16.2.